The van der Waals surface area contributed by atoms with Crippen molar-refractivity contribution in [3.8, 4) is 0 Å². The van der Waals surface area contributed by atoms with E-state index < -0.39 is 12.0 Å². The van der Waals surface area contributed by atoms with Crippen LogP contribution in [0.4, 0.5) is 0 Å². The Morgan fingerprint density at radius 3 is 2.64 bits per heavy atom. The maximum Gasteiger partial charge on any atom is 0.322 e. The molecule has 2 N–H and O–H groups in total. The van der Waals surface area contributed by atoms with E-state index in [0.717, 1.165) is 5.56 Å². The van der Waals surface area contributed by atoms with Gasteiger partial charge in [-0.3, -0.25) is 4.79 Å². The van der Waals surface area contributed by atoms with Crippen LogP contribution in [0.1, 0.15) is 5.56 Å². The van der Waals surface area contributed by atoms with Gasteiger partial charge >= 0.3 is 5.97 Å². The summed E-state index contributed by atoms with van der Waals surface area (Å²) in [4.78, 5) is 12.8. The molecule has 0 saturated carbocycles. The van der Waals surface area contributed by atoms with E-state index in [4.69, 9.17) is 28.5 Å². The fourth-order valence-corrected chi connectivity index (χ4v) is 1.44. The molecule has 0 saturated heterocycles. The molecule has 0 aliphatic rings. The monoisotopic (exact) mass is 233 g/mol. The third-order valence-corrected chi connectivity index (χ3v) is 2.44. The van der Waals surface area contributed by atoms with Crippen LogP contribution in [0.15, 0.2) is 24.3 Å². The highest BCUT2D eigenvalue weighted by Gasteiger charge is 2.17. The summed E-state index contributed by atoms with van der Waals surface area (Å²) in [6.07, 6.45) is 0.262. The van der Waals surface area contributed by atoms with E-state index in [1.54, 1.807) is 24.3 Å². The quantitative estimate of drug-likeness (QED) is 0.784. The number of carbonyl (C=O) groups is 1. The van der Waals surface area contributed by atoms with Gasteiger partial charge in [0.25, 0.3) is 0 Å². The van der Waals surface area contributed by atoms with Crippen LogP contribution in [0.3, 0.4) is 0 Å². The fraction of sp³-hybridized carbons (Fsp3) is 0.222. The molecule has 0 fully saturated rings. The van der Waals surface area contributed by atoms with Gasteiger partial charge in [-0.05, 0) is 23.4 Å². The average molecular weight is 234 g/mol. The average Bonchev–Trinajstić information content (AvgIpc) is 2.16. The number of nitrogens with one attached hydrogen (secondary N) is 1. The minimum Gasteiger partial charge on any atom is -0.480 e. The lowest BCUT2D eigenvalue weighted by molar-refractivity contribution is -0.138. The van der Waals surface area contributed by atoms with Crippen molar-refractivity contribution in [2.45, 2.75) is 12.5 Å². The van der Waals surface area contributed by atoms with Gasteiger partial charge in [-0.15, -0.1) is 0 Å². The highest BCUT2D eigenvalue weighted by Crippen LogP contribution is 2.16. The number of hydrogen-bond acceptors (Lipinski definition) is 2. The topological polar surface area (TPSA) is 49.3 Å². The van der Waals surface area contributed by atoms with Crippen molar-refractivity contribution in [3.05, 3.63) is 34.9 Å². The SMILES string of the molecule is O=C(O)C(Cc1ccccc1Cl)NCl. The highest BCUT2D eigenvalue weighted by atomic mass is 35.5. The van der Waals surface area contributed by atoms with Gasteiger partial charge in [0.15, 0.2) is 0 Å². The van der Waals surface area contributed by atoms with Crippen LogP contribution in [0.5, 0.6) is 0 Å². The Hall–Kier alpha value is -0.770. The first-order valence-electron chi connectivity index (χ1n) is 3.97. The number of hydrogen-bond donors (Lipinski definition) is 2. The van der Waals surface area contributed by atoms with Gasteiger partial charge in [-0.2, -0.15) is 0 Å². The molecule has 1 atom stereocenters. The van der Waals surface area contributed by atoms with Gasteiger partial charge in [-0.1, -0.05) is 29.8 Å². The zero-order valence-electron chi connectivity index (χ0n) is 7.21. The first-order valence-corrected chi connectivity index (χ1v) is 4.73. The molecule has 1 rings (SSSR count). The third kappa shape index (κ3) is 2.87. The minimum atomic E-state index is -1.00. The van der Waals surface area contributed by atoms with Crippen LogP contribution in [0, 0.1) is 0 Å². The molecule has 0 aliphatic heterocycles. The summed E-state index contributed by atoms with van der Waals surface area (Å²) in [6.45, 7) is 0. The number of carboxylic acids is 1. The molecule has 14 heavy (non-hydrogen) atoms. The molecule has 3 nitrogen and oxygen atoms in total. The highest BCUT2D eigenvalue weighted by molar-refractivity contribution is 6.31. The van der Waals surface area contributed by atoms with E-state index in [9.17, 15) is 4.79 Å². The summed E-state index contributed by atoms with van der Waals surface area (Å²) in [5.41, 5.74) is 0.759. The van der Waals surface area contributed by atoms with Gasteiger partial charge in [0.05, 0.1) is 0 Å². The summed E-state index contributed by atoms with van der Waals surface area (Å²) in [6, 6.07) is 6.25. The number of benzene rings is 1. The van der Waals surface area contributed by atoms with Crippen molar-refractivity contribution >= 4 is 29.3 Å². The molecular formula is C9H9Cl2NO2. The molecule has 1 aromatic rings. The fourth-order valence-electron chi connectivity index (χ4n) is 1.06. The lowest BCUT2D eigenvalue weighted by Gasteiger charge is -2.10. The third-order valence-electron chi connectivity index (χ3n) is 1.81. The van der Waals surface area contributed by atoms with Crippen molar-refractivity contribution < 1.29 is 9.90 Å². The molecule has 5 heteroatoms. The Morgan fingerprint density at radius 2 is 2.14 bits per heavy atom. The molecule has 0 bridgehead atoms. The summed E-state index contributed by atoms with van der Waals surface area (Å²) in [7, 11) is 0. The Kier molecular flexibility index (Phi) is 4.20. The smallest absolute Gasteiger partial charge is 0.322 e. The van der Waals surface area contributed by atoms with E-state index in [0.29, 0.717) is 5.02 Å². The van der Waals surface area contributed by atoms with Crippen molar-refractivity contribution in [3.63, 3.8) is 0 Å². The Balaban J connectivity index is 2.77. The van der Waals surface area contributed by atoms with Crippen molar-refractivity contribution in [1.82, 2.24) is 4.84 Å². The van der Waals surface area contributed by atoms with E-state index in [1.807, 2.05) is 0 Å². The Morgan fingerprint density at radius 1 is 1.50 bits per heavy atom. The predicted octanol–water partition coefficient (Wildman–Crippen LogP) is 2.08. The van der Waals surface area contributed by atoms with Gasteiger partial charge in [0, 0.05) is 11.4 Å². The van der Waals surface area contributed by atoms with Crippen LogP contribution in [-0.2, 0) is 11.2 Å². The lowest BCUT2D eigenvalue weighted by atomic mass is 10.1. The lowest BCUT2D eigenvalue weighted by Crippen LogP contribution is -2.32. The van der Waals surface area contributed by atoms with Gasteiger partial charge in [0.2, 0.25) is 0 Å². The minimum absolute atomic E-state index is 0.262. The van der Waals surface area contributed by atoms with Gasteiger partial charge < -0.3 is 5.11 Å². The summed E-state index contributed by atoms with van der Waals surface area (Å²) in [5, 5.41) is 9.28. The predicted molar refractivity (Wildman–Crippen MR) is 55.6 cm³/mol. The molecule has 0 heterocycles. The van der Waals surface area contributed by atoms with E-state index in [-0.39, 0.29) is 6.42 Å². The molecule has 76 valence electrons. The maximum atomic E-state index is 10.7. The number of carboxylic acid groups (broad SMARTS) is 1. The van der Waals surface area contributed by atoms with Crippen molar-refractivity contribution in [2.24, 2.45) is 0 Å². The van der Waals surface area contributed by atoms with Crippen LogP contribution in [0.25, 0.3) is 0 Å². The number of rotatable bonds is 4. The first-order chi connectivity index (χ1) is 6.65. The Labute approximate surface area is 91.8 Å². The van der Waals surface area contributed by atoms with Crippen molar-refractivity contribution in [1.29, 1.82) is 0 Å². The second-order valence-electron chi connectivity index (χ2n) is 2.80. The molecule has 0 aliphatic carbocycles. The molecule has 0 amide bonds. The first kappa shape index (κ1) is 11.3. The summed E-state index contributed by atoms with van der Waals surface area (Å²) >= 11 is 11.2. The molecule has 0 aromatic heterocycles. The van der Waals surface area contributed by atoms with Gasteiger partial charge in [0.1, 0.15) is 6.04 Å². The zero-order chi connectivity index (χ0) is 10.6. The van der Waals surface area contributed by atoms with Crippen LogP contribution in [0.2, 0.25) is 5.02 Å². The molecule has 0 radical (unpaired) electrons. The molecule has 0 spiro atoms. The second-order valence-corrected chi connectivity index (χ2v) is 3.42. The van der Waals surface area contributed by atoms with Gasteiger partial charge in [-0.25, -0.2) is 4.84 Å². The Bertz CT molecular complexity index is 330. The van der Waals surface area contributed by atoms with Crippen LogP contribution < -0.4 is 4.84 Å². The number of halogens is 2. The van der Waals surface area contributed by atoms with Crippen LogP contribution in [-0.4, -0.2) is 17.1 Å². The summed E-state index contributed by atoms with van der Waals surface area (Å²) in [5.74, 6) is -1.00. The van der Waals surface area contributed by atoms with E-state index >= 15 is 0 Å². The molecule has 1 unspecified atom stereocenters. The normalized spacial score (nSPS) is 12.4. The standard InChI is InChI=1S/C9H9Cl2NO2/c10-7-4-2-1-3-6(7)5-8(12-11)9(13)14/h1-4,8,12H,5H2,(H,13,14). The van der Waals surface area contributed by atoms with Crippen LogP contribution >= 0.6 is 23.4 Å². The second kappa shape index (κ2) is 5.20. The zero-order valence-corrected chi connectivity index (χ0v) is 8.72. The van der Waals surface area contributed by atoms with E-state index in [2.05, 4.69) is 4.84 Å². The number of aliphatic carboxylic acids is 1. The van der Waals surface area contributed by atoms with E-state index in [1.165, 1.54) is 0 Å². The van der Waals surface area contributed by atoms with Crippen molar-refractivity contribution in [2.75, 3.05) is 0 Å². The molecular weight excluding hydrogens is 225 g/mol. The maximum absolute atomic E-state index is 10.7. The summed E-state index contributed by atoms with van der Waals surface area (Å²) < 4.78 is 0. The largest absolute Gasteiger partial charge is 0.480 e. The molecule has 1 aromatic carbocycles.